The number of nitrogen functional groups attached to an aromatic ring is 1. The van der Waals surface area contributed by atoms with Gasteiger partial charge in [-0.1, -0.05) is 35.5 Å². The lowest BCUT2D eigenvalue weighted by atomic mass is 10.1. The smallest absolute Gasteiger partial charge is 0.472 e. The van der Waals surface area contributed by atoms with Crippen molar-refractivity contribution in [2.24, 2.45) is 0 Å². The number of hydrogen-bond donors (Lipinski definition) is 5. The van der Waals surface area contributed by atoms with Crippen LogP contribution in [0.3, 0.4) is 0 Å². The van der Waals surface area contributed by atoms with E-state index in [0.29, 0.717) is 35.9 Å². The summed E-state index contributed by atoms with van der Waals surface area (Å²) in [5.41, 5.74) is 9.43. The van der Waals surface area contributed by atoms with Crippen LogP contribution in [-0.4, -0.2) is 29.7 Å². The van der Waals surface area contributed by atoms with Crippen molar-refractivity contribution in [3.05, 3.63) is 89.9 Å². The van der Waals surface area contributed by atoms with Crippen LogP contribution in [0.4, 0.5) is 5.82 Å². The molecule has 0 radical (unpaired) electrons. The number of benzene rings is 1. The fourth-order valence-corrected chi connectivity index (χ4v) is 3.37. The fraction of sp³-hybridized carbons (Fsp3) is 0.136. The van der Waals surface area contributed by atoms with Crippen LogP contribution in [0.2, 0.25) is 0 Å². The van der Waals surface area contributed by atoms with Gasteiger partial charge in [0.15, 0.2) is 5.76 Å². The number of nitrogens with two attached hydrogens (primary N) is 1. The Hall–Kier alpha value is -3.45. The molecule has 16 heteroatoms. The van der Waals surface area contributed by atoms with E-state index < -0.39 is 22.4 Å². The van der Waals surface area contributed by atoms with Crippen molar-refractivity contribution in [1.29, 1.82) is 0 Å². The summed E-state index contributed by atoms with van der Waals surface area (Å²) in [6.45, 7) is 0.0196. The van der Waals surface area contributed by atoms with Gasteiger partial charge in [-0.05, 0) is 29.3 Å². The molecule has 1 aromatic carbocycles. The molecule has 3 heterocycles. The van der Waals surface area contributed by atoms with Gasteiger partial charge in [-0.3, -0.25) is 10.3 Å². The average molecular weight is 566 g/mol. The maximum atomic E-state index is 11.0. The Kier molecular flexibility index (Phi) is 9.86. The second-order valence-corrected chi connectivity index (χ2v) is 9.87. The zero-order valence-corrected chi connectivity index (χ0v) is 21.4. The topological polar surface area (TPSA) is 225 Å². The van der Waals surface area contributed by atoms with Crippen molar-refractivity contribution in [2.45, 2.75) is 19.8 Å². The Labute approximate surface area is 216 Å². The number of pyridine rings is 2. The Balaban J connectivity index is 0.000000732. The number of phosphoric ester groups is 1. The van der Waals surface area contributed by atoms with Gasteiger partial charge in [0, 0.05) is 24.8 Å². The van der Waals surface area contributed by atoms with Crippen LogP contribution < -0.4 is 19.9 Å². The molecule has 3 aromatic heterocycles. The maximum Gasteiger partial charge on any atom is 0.472 e. The van der Waals surface area contributed by atoms with E-state index in [1.54, 1.807) is 30.6 Å². The van der Waals surface area contributed by atoms with Gasteiger partial charge in [0.05, 0.1) is 11.9 Å². The van der Waals surface area contributed by atoms with Gasteiger partial charge in [-0.15, -0.1) is 0 Å². The van der Waals surface area contributed by atoms with Crippen LogP contribution in [0.5, 0.6) is 5.88 Å². The Morgan fingerprint density at radius 1 is 1.00 bits per heavy atom. The lowest BCUT2D eigenvalue weighted by Gasteiger charge is -2.07. The van der Waals surface area contributed by atoms with Crippen molar-refractivity contribution in [3.63, 3.8) is 0 Å². The van der Waals surface area contributed by atoms with Gasteiger partial charge in [0.1, 0.15) is 12.2 Å². The molecule has 4 aromatic rings. The molecule has 0 aliphatic carbocycles. The monoisotopic (exact) mass is 566 g/mol. The van der Waals surface area contributed by atoms with E-state index >= 15 is 0 Å². The largest absolute Gasteiger partial charge is 0.756 e. The highest BCUT2D eigenvalue weighted by molar-refractivity contribution is 7.46. The summed E-state index contributed by atoms with van der Waals surface area (Å²) in [5.74, 6) is 1.24. The molecule has 0 bridgehead atoms. The van der Waals surface area contributed by atoms with Gasteiger partial charge >= 0.3 is 7.82 Å². The third-order valence-corrected chi connectivity index (χ3v) is 5.19. The molecule has 0 amide bonds. The summed E-state index contributed by atoms with van der Waals surface area (Å²) in [4.78, 5) is 44.8. The van der Waals surface area contributed by atoms with Crippen LogP contribution in [-0.2, 0) is 33.4 Å². The minimum atomic E-state index is -4.89. The molecule has 14 nitrogen and oxygen atoms in total. The molecule has 0 spiro atoms. The standard InChI is InChI=1S/C22H21N4O6P.H3O4P/c23-22-19(4-3-11-26(22)15-31-33(27,28)29)20-13-18(25-32-20)12-16-6-8-17(9-7-16)14-30-21-5-1-2-10-24-21;1-5(2,3)4/h1-11,13,23H,12,14-15H2,(H2,27,28,29);(H3,1,2,3,4). The molecule has 38 heavy (non-hydrogen) atoms. The molecule has 6 N–H and O–H groups in total. The van der Waals surface area contributed by atoms with Crippen LogP contribution in [0.1, 0.15) is 16.8 Å². The third-order valence-electron chi connectivity index (χ3n) is 4.74. The number of nitrogens with zero attached hydrogens (tertiary/aromatic N) is 3. The Bertz CT molecular complexity index is 1410. The molecule has 0 saturated carbocycles. The lowest BCUT2D eigenvalue weighted by Crippen LogP contribution is -2.38. The maximum absolute atomic E-state index is 11.0. The van der Waals surface area contributed by atoms with Gasteiger partial charge in [0.2, 0.25) is 12.6 Å². The van der Waals surface area contributed by atoms with Crippen LogP contribution in [0, 0.1) is 0 Å². The summed E-state index contributed by atoms with van der Waals surface area (Å²) >= 11 is 0. The second-order valence-electron chi connectivity index (χ2n) is 7.65. The molecule has 0 saturated heterocycles. The Morgan fingerprint density at radius 3 is 2.32 bits per heavy atom. The third kappa shape index (κ3) is 10.1. The lowest BCUT2D eigenvalue weighted by molar-refractivity contribution is -0.711. The van der Waals surface area contributed by atoms with E-state index in [1.807, 2.05) is 42.5 Å². The highest BCUT2D eigenvalue weighted by Gasteiger charge is 2.20. The van der Waals surface area contributed by atoms with E-state index in [2.05, 4.69) is 14.7 Å². The first-order valence-corrected chi connectivity index (χ1v) is 13.8. The minimum Gasteiger partial charge on any atom is -0.756 e. The molecule has 0 aliphatic rings. The van der Waals surface area contributed by atoms with Crippen molar-refractivity contribution in [3.8, 4) is 17.2 Å². The average Bonchev–Trinajstić information content (AvgIpc) is 3.30. The molecule has 0 atom stereocenters. The Morgan fingerprint density at radius 2 is 1.68 bits per heavy atom. The molecular weight excluding hydrogens is 542 g/mol. The van der Waals surface area contributed by atoms with Gasteiger partial charge < -0.3 is 33.7 Å². The number of aromatic nitrogens is 3. The zero-order valence-electron chi connectivity index (χ0n) is 19.6. The molecule has 4 rings (SSSR count). The van der Waals surface area contributed by atoms with Crippen molar-refractivity contribution in [2.75, 3.05) is 5.73 Å². The predicted molar refractivity (Wildman–Crippen MR) is 130 cm³/mol. The van der Waals surface area contributed by atoms with E-state index in [9.17, 15) is 4.57 Å². The van der Waals surface area contributed by atoms with Gasteiger partial charge in [-0.25, -0.2) is 18.6 Å². The number of hydrogen-bond acceptors (Lipinski definition) is 9. The van der Waals surface area contributed by atoms with Gasteiger partial charge in [0.25, 0.3) is 13.6 Å². The highest BCUT2D eigenvalue weighted by atomic mass is 31.2. The minimum absolute atomic E-state index is 0.228. The SMILES string of the molecule is Nc1c(-c2cc(Cc3ccc(COc4ccccn4)cc3)no2)ccc[n+]1COP(=O)(O)O.O=P([O-])(O)O. The number of ether oxygens (including phenoxy) is 1. The first kappa shape index (κ1) is 29.1. The summed E-state index contributed by atoms with van der Waals surface area (Å²) in [7, 11) is -9.51. The first-order valence-electron chi connectivity index (χ1n) is 10.7. The van der Waals surface area contributed by atoms with E-state index in [0.717, 1.165) is 11.1 Å². The summed E-state index contributed by atoms with van der Waals surface area (Å²) in [6.07, 6.45) is 3.78. The number of anilines is 1. The predicted octanol–water partition coefficient (Wildman–Crippen LogP) is 1.28. The summed E-state index contributed by atoms with van der Waals surface area (Å²) in [6, 6.07) is 18.6. The van der Waals surface area contributed by atoms with E-state index in [1.165, 1.54) is 4.57 Å². The first-order chi connectivity index (χ1) is 17.9. The molecule has 202 valence electrons. The van der Waals surface area contributed by atoms with Crippen LogP contribution in [0.25, 0.3) is 11.3 Å². The number of phosphoric acid groups is 2. The quantitative estimate of drug-likeness (QED) is 0.142. The fourth-order valence-electron chi connectivity index (χ4n) is 3.10. The van der Waals surface area contributed by atoms with E-state index in [4.69, 9.17) is 44.0 Å². The molecule has 0 aliphatic heterocycles. The molecule has 0 fully saturated rings. The number of rotatable bonds is 9. The van der Waals surface area contributed by atoms with E-state index in [-0.39, 0.29) is 5.82 Å². The normalized spacial score (nSPS) is 11.5. The van der Waals surface area contributed by atoms with Gasteiger partial charge in [-0.2, -0.15) is 0 Å². The molecule has 0 unspecified atom stereocenters. The van der Waals surface area contributed by atoms with Crippen LogP contribution >= 0.6 is 15.6 Å². The highest BCUT2D eigenvalue weighted by Crippen LogP contribution is 2.35. The zero-order chi connectivity index (χ0) is 27.8. The second kappa shape index (κ2) is 12.9. The van der Waals surface area contributed by atoms with Crippen LogP contribution in [0.15, 0.2) is 77.6 Å². The summed E-state index contributed by atoms with van der Waals surface area (Å²) in [5, 5.41) is 4.11. The molecular formula is C22H24N4O10P2. The summed E-state index contributed by atoms with van der Waals surface area (Å²) < 4.78 is 36.7. The van der Waals surface area contributed by atoms with Crippen molar-refractivity contribution in [1.82, 2.24) is 10.1 Å². The van der Waals surface area contributed by atoms with Crippen molar-refractivity contribution < 1.29 is 51.9 Å². The van der Waals surface area contributed by atoms with Crippen molar-refractivity contribution >= 4 is 21.5 Å².